The SMILES string of the molecule is CN(C)CCOc1nc(N)nc(N(CCO)CCO)n1. The predicted molar refractivity (Wildman–Crippen MR) is 74.7 cm³/mol. The van der Waals surface area contributed by atoms with E-state index in [1.165, 1.54) is 0 Å². The van der Waals surface area contributed by atoms with Crippen molar-refractivity contribution in [3.8, 4) is 6.01 Å². The molecular formula is C11H22N6O3. The van der Waals surface area contributed by atoms with Gasteiger partial charge in [0.15, 0.2) is 0 Å². The van der Waals surface area contributed by atoms with Gasteiger partial charge in [-0.3, -0.25) is 0 Å². The van der Waals surface area contributed by atoms with Crippen LogP contribution in [0, 0.1) is 0 Å². The topological polar surface area (TPSA) is 121 Å². The molecule has 0 amide bonds. The van der Waals surface area contributed by atoms with E-state index in [2.05, 4.69) is 15.0 Å². The minimum atomic E-state index is -0.0809. The van der Waals surface area contributed by atoms with Gasteiger partial charge in [-0.1, -0.05) is 0 Å². The highest BCUT2D eigenvalue weighted by Gasteiger charge is 2.12. The number of aliphatic hydroxyl groups excluding tert-OH is 2. The molecule has 0 unspecified atom stereocenters. The van der Waals surface area contributed by atoms with Gasteiger partial charge in [-0.2, -0.15) is 15.0 Å². The van der Waals surface area contributed by atoms with E-state index in [1.54, 1.807) is 4.90 Å². The van der Waals surface area contributed by atoms with Crippen molar-refractivity contribution in [3.63, 3.8) is 0 Å². The van der Waals surface area contributed by atoms with Gasteiger partial charge in [0.1, 0.15) is 6.61 Å². The molecule has 114 valence electrons. The standard InChI is InChI=1S/C11H22N6O3/c1-16(2)5-8-20-11-14-9(12)13-10(15-11)17(3-6-18)4-7-19/h18-19H,3-8H2,1-2H3,(H2,12,13,14,15). The van der Waals surface area contributed by atoms with Gasteiger partial charge in [0.25, 0.3) is 0 Å². The van der Waals surface area contributed by atoms with Crippen LogP contribution in [-0.4, -0.2) is 83.6 Å². The summed E-state index contributed by atoms with van der Waals surface area (Å²) in [5, 5.41) is 18.0. The van der Waals surface area contributed by atoms with E-state index in [4.69, 9.17) is 20.7 Å². The fourth-order valence-corrected chi connectivity index (χ4v) is 1.44. The molecule has 1 aromatic rings. The van der Waals surface area contributed by atoms with E-state index in [9.17, 15) is 0 Å². The lowest BCUT2D eigenvalue weighted by Gasteiger charge is -2.20. The first-order valence-electron chi connectivity index (χ1n) is 6.32. The van der Waals surface area contributed by atoms with Gasteiger partial charge in [-0.05, 0) is 14.1 Å². The van der Waals surface area contributed by atoms with Crippen molar-refractivity contribution in [2.45, 2.75) is 0 Å². The lowest BCUT2D eigenvalue weighted by molar-refractivity contribution is 0.244. The third kappa shape index (κ3) is 5.51. The third-order valence-electron chi connectivity index (χ3n) is 2.41. The van der Waals surface area contributed by atoms with Crippen LogP contribution < -0.4 is 15.4 Å². The van der Waals surface area contributed by atoms with Crippen molar-refractivity contribution in [1.29, 1.82) is 0 Å². The smallest absolute Gasteiger partial charge is 0.323 e. The summed E-state index contributed by atoms with van der Waals surface area (Å²) < 4.78 is 5.41. The number of hydrogen-bond donors (Lipinski definition) is 3. The maximum Gasteiger partial charge on any atom is 0.323 e. The normalized spacial score (nSPS) is 10.8. The largest absolute Gasteiger partial charge is 0.462 e. The second-order valence-corrected chi connectivity index (χ2v) is 4.36. The Morgan fingerprint density at radius 1 is 1.05 bits per heavy atom. The van der Waals surface area contributed by atoms with Crippen LogP contribution >= 0.6 is 0 Å². The third-order valence-corrected chi connectivity index (χ3v) is 2.41. The van der Waals surface area contributed by atoms with Gasteiger partial charge in [0.2, 0.25) is 11.9 Å². The van der Waals surface area contributed by atoms with Crippen molar-refractivity contribution < 1.29 is 14.9 Å². The van der Waals surface area contributed by atoms with E-state index < -0.39 is 0 Å². The van der Waals surface area contributed by atoms with Crippen LogP contribution in [0.15, 0.2) is 0 Å². The highest BCUT2D eigenvalue weighted by Crippen LogP contribution is 2.13. The minimum Gasteiger partial charge on any atom is -0.462 e. The van der Waals surface area contributed by atoms with E-state index in [0.29, 0.717) is 19.7 Å². The lowest BCUT2D eigenvalue weighted by atomic mass is 10.5. The molecule has 0 fully saturated rings. The van der Waals surface area contributed by atoms with Gasteiger partial charge in [0, 0.05) is 19.6 Å². The average molecular weight is 286 g/mol. The van der Waals surface area contributed by atoms with Crippen LogP contribution in [0.4, 0.5) is 11.9 Å². The summed E-state index contributed by atoms with van der Waals surface area (Å²) in [7, 11) is 3.86. The number of rotatable bonds is 9. The van der Waals surface area contributed by atoms with Crippen molar-refractivity contribution in [1.82, 2.24) is 19.9 Å². The molecule has 0 saturated carbocycles. The molecule has 0 aliphatic rings. The molecule has 0 aliphatic carbocycles. The molecular weight excluding hydrogens is 264 g/mol. The van der Waals surface area contributed by atoms with E-state index in [1.807, 2.05) is 19.0 Å². The van der Waals surface area contributed by atoms with Crippen LogP contribution in [-0.2, 0) is 0 Å². The number of nitrogens with two attached hydrogens (primary N) is 1. The highest BCUT2D eigenvalue weighted by molar-refractivity contribution is 5.35. The second-order valence-electron chi connectivity index (χ2n) is 4.36. The monoisotopic (exact) mass is 286 g/mol. The van der Waals surface area contributed by atoms with Crippen LogP contribution in [0.2, 0.25) is 0 Å². The van der Waals surface area contributed by atoms with Crippen LogP contribution in [0.5, 0.6) is 6.01 Å². The molecule has 1 aromatic heterocycles. The van der Waals surface area contributed by atoms with Crippen molar-refractivity contribution in [2.75, 3.05) is 64.2 Å². The highest BCUT2D eigenvalue weighted by atomic mass is 16.5. The molecule has 1 rings (SSSR count). The molecule has 0 aliphatic heterocycles. The van der Waals surface area contributed by atoms with Crippen LogP contribution in [0.1, 0.15) is 0 Å². The summed E-state index contributed by atoms with van der Waals surface area (Å²) in [5.74, 6) is 0.316. The van der Waals surface area contributed by atoms with Gasteiger partial charge in [-0.15, -0.1) is 0 Å². The fourth-order valence-electron chi connectivity index (χ4n) is 1.44. The van der Waals surface area contributed by atoms with Gasteiger partial charge in [0.05, 0.1) is 13.2 Å². The summed E-state index contributed by atoms with van der Waals surface area (Å²) in [6.45, 7) is 1.57. The summed E-state index contributed by atoms with van der Waals surface area (Å²) in [6, 6.07) is 0.134. The number of anilines is 2. The number of aromatic nitrogens is 3. The minimum absolute atomic E-state index is 0.0377. The van der Waals surface area contributed by atoms with E-state index >= 15 is 0 Å². The van der Waals surface area contributed by atoms with Crippen molar-refractivity contribution in [3.05, 3.63) is 0 Å². The Labute approximate surface area is 118 Å². The first kappa shape index (κ1) is 16.3. The van der Waals surface area contributed by atoms with Gasteiger partial charge < -0.3 is 30.5 Å². The summed E-state index contributed by atoms with van der Waals surface area (Å²) in [4.78, 5) is 15.6. The van der Waals surface area contributed by atoms with Crippen molar-refractivity contribution in [2.24, 2.45) is 0 Å². The second kappa shape index (κ2) is 8.46. The Balaban J connectivity index is 2.77. The molecule has 0 bridgehead atoms. The van der Waals surface area contributed by atoms with Gasteiger partial charge >= 0.3 is 6.01 Å². The van der Waals surface area contributed by atoms with Crippen molar-refractivity contribution >= 4 is 11.9 Å². The number of likely N-dealkylation sites (N-methyl/N-ethyl adjacent to an activating group) is 1. The Hall–Kier alpha value is -1.71. The predicted octanol–water partition coefficient (Wildman–Crippen LogP) is -1.81. The zero-order chi connectivity index (χ0) is 15.0. The first-order valence-corrected chi connectivity index (χ1v) is 6.32. The zero-order valence-electron chi connectivity index (χ0n) is 11.9. The maximum absolute atomic E-state index is 9.00. The number of nitrogens with zero attached hydrogens (tertiary/aromatic N) is 5. The molecule has 9 heteroatoms. The Morgan fingerprint density at radius 2 is 1.70 bits per heavy atom. The Kier molecular flexibility index (Phi) is 6.91. The number of nitrogen functional groups attached to an aromatic ring is 1. The molecule has 0 spiro atoms. The summed E-state index contributed by atoms with van der Waals surface area (Å²) >= 11 is 0. The average Bonchev–Trinajstić information content (AvgIpc) is 2.37. The van der Waals surface area contributed by atoms with E-state index in [0.717, 1.165) is 6.54 Å². The van der Waals surface area contributed by atoms with Gasteiger partial charge in [-0.25, -0.2) is 0 Å². The Bertz CT molecular complexity index is 398. The molecule has 20 heavy (non-hydrogen) atoms. The maximum atomic E-state index is 9.00. The molecule has 0 atom stereocenters. The Morgan fingerprint density at radius 3 is 2.25 bits per heavy atom. The van der Waals surface area contributed by atoms with E-state index in [-0.39, 0.29) is 31.1 Å². The summed E-state index contributed by atoms with van der Waals surface area (Å²) in [5.41, 5.74) is 5.62. The molecule has 9 nitrogen and oxygen atoms in total. The molecule has 0 saturated heterocycles. The fraction of sp³-hybridized carbons (Fsp3) is 0.727. The number of hydrogen-bond acceptors (Lipinski definition) is 9. The molecule has 1 heterocycles. The molecule has 0 aromatic carbocycles. The number of ether oxygens (including phenoxy) is 1. The number of aliphatic hydroxyl groups is 2. The first-order chi connectivity index (χ1) is 9.56. The van der Waals surface area contributed by atoms with Crippen LogP contribution in [0.25, 0.3) is 0 Å². The zero-order valence-corrected chi connectivity index (χ0v) is 11.9. The summed E-state index contributed by atoms with van der Waals surface area (Å²) in [6.07, 6.45) is 0. The molecule has 4 N–H and O–H groups in total. The molecule has 0 radical (unpaired) electrons. The quantitative estimate of drug-likeness (QED) is 0.482. The van der Waals surface area contributed by atoms with Crippen LogP contribution in [0.3, 0.4) is 0 Å². The lowest BCUT2D eigenvalue weighted by Crippen LogP contribution is -2.31.